The van der Waals surface area contributed by atoms with Crippen LogP contribution in [0.2, 0.25) is 0 Å². The van der Waals surface area contributed by atoms with Crippen LogP contribution < -0.4 is 5.32 Å². The van der Waals surface area contributed by atoms with E-state index >= 15 is 0 Å². The molecule has 0 aromatic carbocycles. The third kappa shape index (κ3) is 2.54. The molecule has 1 aromatic heterocycles. The fourth-order valence-corrected chi connectivity index (χ4v) is 0.837. The molecule has 1 amide bonds. The zero-order valence-corrected chi connectivity index (χ0v) is 8.11. The van der Waals surface area contributed by atoms with E-state index in [0.29, 0.717) is 6.54 Å². The Morgan fingerprint density at radius 1 is 1.69 bits per heavy atom. The quantitative estimate of drug-likeness (QED) is 0.720. The molecule has 13 heavy (non-hydrogen) atoms. The maximum absolute atomic E-state index is 11.2. The summed E-state index contributed by atoms with van der Waals surface area (Å²) in [5.74, 6) is 0.797. The van der Waals surface area contributed by atoms with Crippen molar-refractivity contribution in [1.82, 2.24) is 20.1 Å². The third-order valence-corrected chi connectivity index (χ3v) is 1.75. The standard InChI is InChI=1S/C8H14N4O/c1-6(2)8(13)9-4-7-11-10-5-12(7)3/h5-6H,4H2,1-3H3,(H,9,13). The second-order valence-electron chi connectivity index (χ2n) is 3.23. The van der Waals surface area contributed by atoms with Gasteiger partial charge in [-0.15, -0.1) is 10.2 Å². The second kappa shape index (κ2) is 4.02. The van der Waals surface area contributed by atoms with Crippen molar-refractivity contribution in [3.8, 4) is 0 Å². The first kappa shape index (κ1) is 9.70. The molecular weight excluding hydrogens is 168 g/mol. The molecule has 0 saturated carbocycles. The summed E-state index contributed by atoms with van der Waals surface area (Å²) in [7, 11) is 1.84. The van der Waals surface area contributed by atoms with Gasteiger partial charge in [-0.3, -0.25) is 4.79 Å². The molecule has 0 atom stereocenters. The molecule has 1 rings (SSSR count). The van der Waals surface area contributed by atoms with E-state index in [0.717, 1.165) is 5.82 Å². The van der Waals surface area contributed by atoms with Gasteiger partial charge in [0.2, 0.25) is 5.91 Å². The van der Waals surface area contributed by atoms with Crippen molar-refractivity contribution in [2.45, 2.75) is 20.4 Å². The molecule has 5 heteroatoms. The molecule has 0 aliphatic heterocycles. The van der Waals surface area contributed by atoms with Crippen LogP contribution in [0.25, 0.3) is 0 Å². The van der Waals surface area contributed by atoms with Crippen LogP contribution in [0.4, 0.5) is 0 Å². The van der Waals surface area contributed by atoms with Gasteiger partial charge in [0, 0.05) is 13.0 Å². The van der Waals surface area contributed by atoms with E-state index in [-0.39, 0.29) is 11.8 Å². The Morgan fingerprint density at radius 3 is 2.85 bits per heavy atom. The average molecular weight is 182 g/mol. The molecule has 0 unspecified atom stereocenters. The van der Waals surface area contributed by atoms with Crippen LogP contribution in [0.15, 0.2) is 6.33 Å². The molecule has 0 radical (unpaired) electrons. The van der Waals surface area contributed by atoms with Gasteiger partial charge in [-0.2, -0.15) is 0 Å². The Kier molecular flexibility index (Phi) is 3.00. The van der Waals surface area contributed by atoms with Gasteiger partial charge in [0.25, 0.3) is 0 Å². The predicted molar refractivity (Wildman–Crippen MR) is 47.7 cm³/mol. The van der Waals surface area contributed by atoms with E-state index < -0.39 is 0 Å². The first-order chi connectivity index (χ1) is 6.11. The summed E-state index contributed by atoms with van der Waals surface area (Å²) in [6.45, 7) is 4.14. The van der Waals surface area contributed by atoms with Gasteiger partial charge in [-0.1, -0.05) is 13.8 Å². The van der Waals surface area contributed by atoms with Crippen molar-refractivity contribution in [2.24, 2.45) is 13.0 Å². The summed E-state index contributed by atoms with van der Waals surface area (Å²) in [4.78, 5) is 11.2. The van der Waals surface area contributed by atoms with Crippen molar-refractivity contribution in [3.05, 3.63) is 12.2 Å². The molecule has 0 aliphatic carbocycles. The smallest absolute Gasteiger partial charge is 0.222 e. The topological polar surface area (TPSA) is 59.8 Å². The lowest BCUT2D eigenvalue weighted by atomic mass is 10.2. The van der Waals surface area contributed by atoms with Crippen molar-refractivity contribution in [2.75, 3.05) is 0 Å². The van der Waals surface area contributed by atoms with Crippen LogP contribution in [0.1, 0.15) is 19.7 Å². The normalized spacial score (nSPS) is 10.5. The Hall–Kier alpha value is -1.39. The van der Waals surface area contributed by atoms with Gasteiger partial charge >= 0.3 is 0 Å². The Bertz CT molecular complexity index is 292. The van der Waals surface area contributed by atoms with E-state index in [1.807, 2.05) is 20.9 Å². The van der Waals surface area contributed by atoms with E-state index in [1.165, 1.54) is 0 Å². The summed E-state index contributed by atoms with van der Waals surface area (Å²) in [6, 6.07) is 0. The summed E-state index contributed by atoms with van der Waals surface area (Å²) < 4.78 is 1.78. The number of aromatic nitrogens is 3. The van der Waals surface area contributed by atoms with Crippen molar-refractivity contribution >= 4 is 5.91 Å². The molecular formula is C8H14N4O. The minimum atomic E-state index is 0.00762. The fourth-order valence-electron chi connectivity index (χ4n) is 0.837. The monoisotopic (exact) mass is 182 g/mol. The number of hydrogen-bond acceptors (Lipinski definition) is 3. The lowest BCUT2D eigenvalue weighted by molar-refractivity contribution is -0.124. The number of aryl methyl sites for hydroxylation is 1. The van der Waals surface area contributed by atoms with E-state index in [1.54, 1.807) is 10.9 Å². The summed E-state index contributed by atoms with van der Waals surface area (Å²) >= 11 is 0. The number of carbonyl (C=O) groups is 1. The summed E-state index contributed by atoms with van der Waals surface area (Å²) in [5, 5.41) is 10.3. The predicted octanol–water partition coefficient (Wildman–Crippen LogP) is 0.0873. The minimum Gasteiger partial charge on any atom is -0.349 e. The molecule has 72 valence electrons. The number of nitrogens with zero attached hydrogens (tertiary/aromatic N) is 3. The third-order valence-electron chi connectivity index (χ3n) is 1.75. The molecule has 5 nitrogen and oxygen atoms in total. The minimum absolute atomic E-state index is 0.00762. The van der Waals surface area contributed by atoms with Crippen molar-refractivity contribution in [1.29, 1.82) is 0 Å². The molecule has 0 bridgehead atoms. The second-order valence-corrected chi connectivity index (χ2v) is 3.23. The Balaban J connectivity index is 2.44. The number of rotatable bonds is 3. The first-order valence-electron chi connectivity index (χ1n) is 4.22. The average Bonchev–Trinajstić information content (AvgIpc) is 2.47. The van der Waals surface area contributed by atoms with Gasteiger partial charge in [0.15, 0.2) is 5.82 Å². The Morgan fingerprint density at radius 2 is 2.38 bits per heavy atom. The van der Waals surface area contributed by atoms with Crippen LogP contribution in [0.5, 0.6) is 0 Å². The highest BCUT2D eigenvalue weighted by Gasteiger charge is 2.07. The van der Waals surface area contributed by atoms with Gasteiger partial charge in [0.05, 0.1) is 6.54 Å². The summed E-state index contributed by atoms with van der Waals surface area (Å²) in [6.07, 6.45) is 1.61. The number of amides is 1. The van der Waals surface area contributed by atoms with Crippen LogP contribution in [-0.4, -0.2) is 20.7 Å². The highest BCUT2D eigenvalue weighted by Crippen LogP contribution is 1.94. The van der Waals surface area contributed by atoms with E-state index in [2.05, 4.69) is 15.5 Å². The number of nitrogens with one attached hydrogen (secondary N) is 1. The van der Waals surface area contributed by atoms with Gasteiger partial charge in [-0.25, -0.2) is 0 Å². The molecule has 0 spiro atoms. The van der Waals surface area contributed by atoms with Gasteiger partial charge < -0.3 is 9.88 Å². The van der Waals surface area contributed by atoms with E-state index in [4.69, 9.17) is 0 Å². The number of carbonyl (C=O) groups excluding carboxylic acids is 1. The largest absolute Gasteiger partial charge is 0.349 e. The fraction of sp³-hybridized carbons (Fsp3) is 0.625. The summed E-state index contributed by atoms with van der Waals surface area (Å²) in [5.41, 5.74) is 0. The SMILES string of the molecule is CC(C)C(=O)NCc1nncn1C. The van der Waals surface area contributed by atoms with Gasteiger partial charge in [-0.05, 0) is 0 Å². The highest BCUT2D eigenvalue weighted by atomic mass is 16.1. The maximum atomic E-state index is 11.2. The van der Waals surface area contributed by atoms with Crippen LogP contribution in [0.3, 0.4) is 0 Å². The molecule has 0 fully saturated rings. The van der Waals surface area contributed by atoms with Crippen LogP contribution >= 0.6 is 0 Å². The van der Waals surface area contributed by atoms with Crippen molar-refractivity contribution < 1.29 is 4.79 Å². The molecule has 1 aromatic rings. The lowest BCUT2D eigenvalue weighted by Gasteiger charge is -2.06. The van der Waals surface area contributed by atoms with Crippen LogP contribution in [-0.2, 0) is 18.4 Å². The van der Waals surface area contributed by atoms with Crippen molar-refractivity contribution in [3.63, 3.8) is 0 Å². The lowest BCUT2D eigenvalue weighted by Crippen LogP contribution is -2.28. The zero-order valence-electron chi connectivity index (χ0n) is 8.11. The molecule has 1 heterocycles. The number of hydrogen-bond donors (Lipinski definition) is 1. The molecule has 0 saturated heterocycles. The zero-order chi connectivity index (χ0) is 9.84. The Labute approximate surface area is 77.2 Å². The first-order valence-corrected chi connectivity index (χ1v) is 4.22. The van der Waals surface area contributed by atoms with Crippen LogP contribution in [0, 0.1) is 5.92 Å². The van der Waals surface area contributed by atoms with E-state index in [9.17, 15) is 4.79 Å². The highest BCUT2D eigenvalue weighted by molar-refractivity contribution is 5.77. The maximum Gasteiger partial charge on any atom is 0.222 e. The molecule has 0 aliphatic rings. The van der Waals surface area contributed by atoms with Gasteiger partial charge in [0.1, 0.15) is 6.33 Å². The molecule has 1 N–H and O–H groups in total.